The van der Waals surface area contributed by atoms with Crippen molar-refractivity contribution in [3.8, 4) is 0 Å². The zero-order valence-electron chi connectivity index (χ0n) is 19.2. The van der Waals surface area contributed by atoms with Crippen LogP contribution in [0.3, 0.4) is 0 Å². The Labute approximate surface area is 187 Å². The Morgan fingerprint density at radius 1 is 1.03 bits per heavy atom. The molecule has 0 saturated heterocycles. The van der Waals surface area contributed by atoms with Gasteiger partial charge in [0.2, 0.25) is 0 Å². The Balaban J connectivity index is 1.34. The Kier molecular flexibility index (Phi) is 5.75. The van der Waals surface area contributed by atoms with Gasteiger partial charge in [-0.1, -0.05) is 31.2 Å². The topological polar surface area (TPSA) is 49.3 Å². The molecule has 4 aliphatic rings. The van der Waals surface area contributed by atoms with Crippen molar-refractivity contribution in [1.82, 2.24) is 0 Å². The summed E-state index contributed by atoms with van der Waals surface area (Å²) >= 11 is 0. The summed E-state index contributed by atoms with van der Waals surface area (Å²) in [5.74, 6) is 5.21. The number of allylic oxidation sites excluding steroid dienone is 1. The molecule has 31 heavy (non-hydrogen) atoms. The zero-order valence-corrected chi connectivity index (χ0v) is 19.2. The number of carbonyl (C=O) groups excluding carboxylic acids is 1. The van der Waals surface area contributed by atoms with Gasteiger partial charge < -0.3 is 10.4 Å². The molecule has 2 N–H and O–H groups in total. The first-order chi connectivity index (χ1) is 14.9. The van der Waals surface area contributed by atoms with E-state index in [4.69, 9.17) is 0 Å². The van der Waals surface area contributed by atoms with Crippen molar-refractivity contribution in [3.05, 3.63) is 42.0 Å². The van der Waals surface area contributed by atoms with Crippen LogP contribution >= 0.6 is 0 Å². The summed E-state index contributed by atoms with van der Waals surface area (Å²) in [6, 6.07) is 9.85. The van der Waals surface area contributed by atoms with Crippen LogP contribution in [0.15, 0.2) is 42.0 Å². The summed E-state index contributed by atoms with van der Waals surface area (Å²) < 4.78 is 0. The second-order valence-corrected chi connectivity index (χ2v) is 11.4. The molecule has 8 atom stereocenters. The number of nitrogens with one attached hydrogen (secondary N) is 1. The molecule has 0 bridgehead atoms. The molecular weight excluding hydrogens is 382 g/mol. The summed E-state index contributed by atoms with van der Waals surface area (Å²) in [6.07, 6.45) is 12.8. The largest absolute Gasteiger partial charge is 0.390 e. The van der Waals surface area contributed by atoms with Gasteiger partial charge in [0, 0.05) is 11.3 Å². The van der Waals surface area contributed by atoms with E-state index in [0.29, 0.717) is 11.8 Å². The van der Waals surface area contributed by atoms with Crippen molar-refractivity contribution >= 4 is 11.6 Å². The molecule has 0 unspecified atom stereocenters. The number of amides is 1. The fourth-order valence-electron chi connectivity index (χ4n) is 7.98. The molecular formula is C28H39NO2. The quantitative estimate of drug-likeness (QED) is 0.597. The van der Waals surface area contributed by atoms with Gasteiger partial charge in [-0.15, -0.1) is 0 Å². The highest BCUT2D eigenvalue weighted by Crippen LogP contribution is 2.58. The standard InChI is InChI=1S/C28H39NO2/c1-18-15-26-22-13-14-28(2,31)17-20(22)11-12-24(26)23-10-6-7-19(16-25(18)23)27(30)29-21-8-4-3-5-9-21/h3-5,8-9,16,18,20,22-26,31H,6-7,10-15,17H2,1-2H3,(H,29,30)/t18-,20+,22-,23-,24-,25-,26+,28+/m0/s1. The van der Waals surface area contributed by atoms with Crippen molar-refractivity contribution in [2.24, 2.45) is 41.4 Å². The monoisotopic (exact) mass is 421 g/mol. The van der Waals surface area contributed by atoms with Gasteiger partial charge in [0.05, 0.1) is 5.60 Å². The SMILES string of the molecule is C[C@H]1C[C@H]2[C@@H](CC[C@@H]3C[C@](C)(O)CC[C@@H]32)[C@@H]2CCCC(C(=O)Nc3ccccc3)=C[C@H]21. The number of fused-ring (bicyclic) bond motifs is 5. The Hall–Kier alpha value is -1.61. The smallest absolute Gasteiger partial charge is 0.251 e. The van der Waals surface area contributed by atoms with E-state index in [1.807, 2.05) is 37.3 Å². The summed E-state index contributed by atoms with van der Waals surface area (Å²) in [5, 5.41) is 13.7. The fourth-order valence-corrected chi connectivity index (χ4v) is 7.98. The molecule has 3 saturated carbocycles. The van der Waals surface area contributed by atoms with E-state index in [2.05, 4.69) is 18.3 Å². The van der Waals surface area contributed by atoms with Gasteiger partial charge in [-0.25, -0.2) is 0 Å². The molecule has 0 aromatic heterocycles. The number of para-hydroxylation sites is 1. The predicted molar refractivity (Wildman–Crippen MR) is 125 cm³/mol. The average Bonchev–Trinajstić information content (AvgIpc) is 2.97. The van der Waals surface area contributed by atoms with E-state index in [0.717, 1.165) is 66.5 Å². The third-order valence-corrected chi connectivity index (χ3v) is 9.34. The van der Waals surface area contributed by atoms with Crippen LogP contribution in [0.1, 0.15) is 71.6 Å². The first kappa shape index (κ1) is 21.2. The highest BCUT2D eigenvalue weighted by Gasteiger charge is 2.51. The van der Waals surface area contributed by atoms with Gasteiger partial charge in [-0.05, 0) is 118 Å². The van der Waals surface area contributed by atoms with Gasteiger partial charge in [0.1, 0.15) is 0 Å². The molecule has 5 rings (SSSR count). The number of anilines is 1. The minimum atomic E-state index is -0.442. The van der Waals surface area contributed by atoms with Crippen molar-refractivity contribution in [2.45, 2.75) is 77.2 Å². The summed E-state index contributed by atoms with van der Waals surface area (Å²) in [5.41, 5.74) is 1.45. The number of aliphatic hydroxyl groups is 1. The van der Waals surface area contributed by atoms with Gasteiger partial charge in [-0.3, -0.25) is 4.79 Å². The Morgan fingerprint density at radius 2 is 1.84 bits per heavy atom. The second kappa shape index (κ2) is 8.39. The lowest BCUT2D eigenvalue weighted by Gasteiger charge is -2.56. The number of rotatable bonds is 2. The van der Waals surface area contributed by atoms with Crippen LogP contribution in [-0.2, 0) is 4.79 Å². The van der Waals surface area contributed by atoms with Crippen molar-refractivity contribution in [2.75, 3.05) is 5.32 Å². The normalized spacial score (nSPS) is 42.3. The highest BCUT2D eigenvalue weighted by molar-refractivity contribution is 6.03. The van der Waals surface area contributed by atoms with Gasteiger partial charge in [0.15, 0.2) is 0 Å². The van der Waals surface area contributed by atoms with E-state index in [1.54, 1.807) is 0 Å². The van der Waals surface area contributed by atoms with Crippen LogP contribution in [0, 0.1) is 41.4 Å². The second-order valence-electron chi connectivity index (χ2n) is 11.4. The number of carbonyl (C=O) groups is 1. The van der Waals surface area contributed by atoms with Gasteiger partial charge >= 0.3 is 0 Å². The lowest BCUT2D eigenvalue weighted by atomic mass is 9.50. The minimum Gasteiger partial charge on any atom is -0.390 e. The molecule has 168 valence electrons. The molecule has 0 radical (unpaired) electrons. The molecule has 1 amide bonds. The van der Waals surface area contributed by atoms with Crippen molar-refractivity contribution < 1.29 is 9.90 Å². The molecule has 3 nitrogen and oxygen atoms in total. The van der Waals surface area contributed by atoms with E-state index in [-0.39, 0.29) is 5.91 Å². The maximum atomic E-state index is 13.0. The molecule has 0 aliphatic heterocycles. The molecule has 1 aromatic carbocycles. The summed E-state index contributed by atoms with van der Waals surface area (Å²) in [6.45, 7) is 4.48. The lowest BCUT2D eigenvalue weighted by molar-refractivity contribution is -0.113. The molecule has 3 heteroatoms. The molecule has 0 heterocycles. The predicted octanol–water partition coefficient (Wildman–Crippen LogP) is 6.20. The van der Waals surface area contributed by atoms with Crippen LogP contribution in [0.4, 0.5) is 5.69 Å². The third kappa shape index (κ3) is 4.23. The van der Waals surface area contributed by atoms with Crippen LogP contribution in [0.5, 0.6) is 0 Å². The van der Waals surface area contributed by atoms with E-state index in [1.165, 1.54) is 32.1 Å². The minimum absolute atomic E-state index is 0.0967. The summed E-state index contributed by atoms with van der Waals surface area (Å²) in [7, 11) is 0. The first-order valence-corrected chi connectivity index (χ1v) is 12.7. The molecule has 1 aromatic rings. The van der Waals surface area contributed by atoms with Crippen molar-refractivity contribution in [3.63, 3.8) is 0 Å². The van der Waals surface area contributed by atoms with Crippen LogP contribution in [0.2, 0.25) is 0 Å². The maximum absolute atomic E-state index is 13.0. The van der Waals surface area contributed by atoms with Crippen LogP contribution in [-0.4, -0.2) is 16.6 Å². The molecule has 4 aliphatic carbocycles. The average molecular weight is 422 g/mol. The van der Waals surface area contributed by atoms with E-state index < -0.39 is 5.60 Å². The fraction of sp³-hybridized carbons (Fsp3) is 0.679. The van der Waals surface area contributed by atoms with Gasteiger partial charge in [-0.2, -0.15) is 0 Å². The van der Waals surface area contributed by atoms with E-state index in [9.17, 15) is 9.90 Å². The lowest BCUT2D eigenvalue weighted by Crippen LogP contribution is -2.49. The zero-order chi connectivity index (χ0) is 21.6. The Morgan fingerprint density at radius 3 is 2.65 bits per heavy atom. The number of hydrogen-bond donors (Lipinski definition) is 2. The van der Waals surface area contributed by atoms with Gasteiger partial charge in [0.25, 0.3) is 5.91 Å². The van der Waals surface area contributed by atoms with Crippen LogP contribution < -0.4 is 5.32 Å². The molecule has 3 fully saturated rings. The molecule has 0 spiro atoms. The highest BCUT2D eigenvalue weighted by atomic mass is 16.3. The number of hydrogen-bond acceptors (Lipinski definition) is 2. The third-order valence-electron chi connectivity index (χ3n) is 9.34. The number of benzene rings is 1. The maximum Gasteiger partial charge on any atom is 0.251 e. The first-order valence-electron chi connectivity index (χ1n) is 12.7. The summed E-state index contributed by atoms with van der Waals surface area (Å²) in [4.78, 5) is 13.0. The van der Waals surface area contributed by atoms with Crippen LogP contribution in [0.25, 0.3) is 0 Å². The van der Waals surface area contributed by atoms with E-state index >= 15 is 0 Å². The van der Waals surface area contributed by atoms with Crippen molar-refractivity contribution in [1.29, 1.82) is 0 Å². The Bertz CT molecular complexity index is 829.